The van der Waals surface area contributed by atoms with Crippen molar-refractivity contribution in [2.45, 2.75) is 0 Å². The van der Waals surface area contributed by atoms with Crippen molar-refractivity contribution in [1.82, 2.24) is 0 Å². The van der Waals surface area contributed by atoms with Crippen LogP contribution < -0.4 is 5.32 Å². The van der Waals surface area contributed by atoms with Crippen LogP contribution >= 0.6 is 23.2 Å². The van der Waals surface area contributed by atoms with Crippen molar-refractivity contribution in [1.29, 1.82) is 10.5 Å². The van der Waals surface area contributed by atoms with Crippen LogP contribution in [0.3, 0.4) is 0 Å². The molecule has 0 spiro atoms. The molecule has 0 saturated heterocycles. The van der Waals surface area contributed by atoms with Gasteiger partial charge in [0.15, 0.2) is 0 Å². The second-order valence-corrected chi connectivity index (χ2v) is 3.78. The van der Waals surface area contributed by atoms with Crippen molar-refractivity contribution in [3.8, 4) is 12.1 Å². The zero-order valence-electron chi connectivity index (χ0n) is 8.65. The lowest BCUT2D eigenvalue weighted by atomic mass is 10.2. The van der Waals surface area contributed by atoms with E-state index in [1.807, 2.05) is 0 Å². The van der Waals surface area contributed by atoms with Crippen molar-refractivity contribution in [3.63, 3.8) is 0 Å². The van der Waals surface area contributed by atoms with Crippen molar-refractivity contribution in [2.75, 3.05) is 5.32 Å². The van der Waals surface area contributed by atoms with E-state index in [0.29, 0.717) is 0 Å². The van der Waals surface area contributed by atoms with Crippen LogP contribution in [0.4, 0.5) is 11.4 Å². The summed E-state index contributed by atoms with van der Waals surface area (Å²) in [4.78, 5) is 9.93. The maximum atomic E-state index is 10.6. The van der Waals surface area contributed by atoms with Gasteiger partial charge < -0.3 is 5.32 Å². The molecule has 0 atom stereocenters. The van der Waals surface area contributed by atoms with E-state index in [2.05, 4.69) is 5.32 Å². The highest BCUT2D eigenvalue weighted by atomic mass is 35.5. The van der Waals surface area contributed by atoms with Crippen LogP contribution in [0.15, 0.2) is 23.9 Å². The van der Waals surface area contributed by atoms with Gasteiger partial charge in [-0.15, -0.1) is 0 Å². The molecule has 1 aromatic carbocycles. The fraction of sp³-hybridized carbons (Fsp3) is 0. The van der Waals surface area contributed by atoms with Crippen molar-refractivity contribution < 1.29 is 4.92 Å². The van der Waals surface area contributed by atoms with Crippen LogP contribution in [-0.4, -0.2) is 4.92 Å². The SMILES string of the molecule is N#CC(C#N)=CNc1cc(Cl)c([N+](=O)[O-])cc1Cl. The monoisotopic (exact) mass is 282 g/mol. The molecule has 0 fully saturated rings. The van der Waals surface area contributed by atoms with Crippen molar-refractivity contribution in [2.24, 2.45) is 0 Å². The summed E-state index contributed by atoms with van der Waals surface area (Å²) in [6, 6.07) is 5.60. The smallest absolute Gasteiger partial charge is 0.289 e. The summed E-state index contributed by atoms with van der Waals surface area (Å²) in [5.41, 5.74) is -0.229. The highest BCUT2D eigenvalue weighted by Gasteiger charge is 2.15. The number of rotatable bonds is 3. The largest absolute Gasteiger partial charge is 0.359 e. The average Bonchev–Trinajstić information content (AvgIpc) is 2.33. The van der Waals surface area contributed by atoms with E-state index in [9.17, 15) is 10.1 Å². The predicted molar refractivity (Wildman–Crippen MR) is 66.0 cm³/mol. The molecule has 8 heteroatoms. The lowest BCUT2D eigenvalue weighted by molar-refractivity contribution is -0.384. The maximum absolute atomic E-state index is 10.6. The Hall–Kier alpha value is -2.28. The third kappa shape index (κ3) is 3.11. The van der Waals surface area contributed by atoms with Gasteiger partial charge in [-0.25, -0.2) is 0 Å². The Morgan fingerprint density at radius 1 is 1.33 bits per heavy atom. The first-order valence-corrected chi connectivity index (χ1v) is 5.15. The van der Waals surface area contributed by atoms with Crippen LogP contribution in [0.2, 0.25) is 10.0 Å². The summed E-state index contributed by atoms with van der Waals surface area (Å²) >= 11 is 11.5. The Morgan fingerprint density at radius 2 is 1.94 bits per heavy atom. The van der Waals surface area contributed by atoms with Gasteiger partial charge in [-0.3, -0.25) is 10.1 Å². The third-order valence-electron chi connectivity index (χ3n) is 1.85. The first kappa shape index (κ1) is 13.8. The van der Waals surface area contributed by atoms with E-state index >= 15 is 0 Å². The molecule has 0 aromatic heterocycles. The fourth-order valence-electron chi connectivity index (χ4n) is 1.03. The number of hydrogen-bond donors (Lipinski definition) is 1. The fourth-order valence-corrected chi connectivity index (χ4v) is 1.47. The van der Waals surface area contributed by atoms with Crippen LogP contribution in [0.25, 0.3) is 0 Å². The number of anilines is 1. The number of hydrogen-bond acceptors (Lipinski definition) is 5. The summed E-state index contributed by atoms with van der Waals surface area (Å²) in [7, 11) is 0. The molecule has 90 valence electrons. The van der Waals surface area contributed by atoms with E-state index in [0.717, 1.165) is 12.3 Å². The molecule has 1 aromatic rings. The molecule has 6 nitrogen and oxygen atoms in total. The van der Waals surface area contributed by atoms with E-state index in [1.54, 1.807) is 12.1 Å². The van der Waals surface area contributed by atoms with Gasteiger partial charge in [0.05, 0.1) is 15.6 Å². The Bertz CT molecular complexity index is 598. The number of nitro groups is 1. The molecule has 0 aliphatic heterocycles. The van der Waals surface area contributed by atoms with Gasteiger partial charge in [0.1, 0.15) is 22.7 Å². The Balaban J connectivity index is 3.11. The first-order valence-electron chi connectivity index (χ1n) is 4.40. The topological polar surface area (TPSA) is 103 Å². The molecule has 0 aliphatic carbocycles. The average molecular weight is 283 g/mol. The molecule has 1 rings (SSSR count). The zero-order chi connectivity index (χ0) is 13.7. The number of allylic oxidation sites excluding steroid dienone is 1. The Morgan fingerprint density at radius 3 is 2.44 bits per heavy atom. The van der Waals surface area contributed by atoms with Crippen molar-refractivity contribution >= 4 is 34.6 Å². The molecular weight excluding hydrogens is 279 g/mol. The van der Waals surface area contributed by atoms with Gasteiger partial charge in [-0.2, -0.15) is 10.5 Å². The van der Waals surface area contributed by atoms with Crippen LogP contribution in [0.5, 0.6) is 0 Å². The van der Waals surface area contributed by atoms with Gasteiger partial charge in [-0.1, -0.05) is 23.2 Å². The summed E-state index contributed by atoms with van der Waals surface area (Å²) in [5.74, 6) is 0. The number of nitriles is 2. The maximum Gasteiger partial charge on any atom is 0.289 e. The Kier molecular flexibility index (Phi) is 4.50. The number of nitrogens with one attached hydrogen (secondary N) is 1. The second-order valence-electron chi connectivity index (χ2n) is 2.97. The summed E-state index contributed by atoms with van der Waals surface area (Å²) in [6.07, 6.45) is 1.13. The number of benzene rings is 1. The molecule has 1 N–H and O–H groups in total. The lowest BCUT2D eigenvalue weighted by Crippen LogP contribution is -1.94. The highest BCUT2D eigenvalue weighted by Crippen LogP contribution is 2.33. The van der Waals surface area contributed by atoms with E-state index in [-0.39, 0.29) is 27.0 Å². The summed E-state index contributed by atoms with van der Waals surface area (Å²) in [6.45, 7) is 0. The molecule has 18 heavy (non-hydrogen) atoms. The quantitative estimate of drug-likeness (QED) is 0.521. The number of nitro benzene ring substituents is 1. The highest BCUT2D eigenvalue weighted by molar-refractivity contribution is 6.36. The second kappa shape index (κ2) is 5.87. The molecule has 0 saturated carbocycles. The van der Waals surface area contributed by atoms with Crippen LogP contribution in [0, 0.1) is 32.8 Å². The minimum Gasteiger partial charge on any atom is -0.359 e. The lowest BCUT2D eigenvalue weighted by Gasteiger charge is -2.04. The first-order chi connectivity index (χ1) is 8.49. The minimum absolute atomic E-state index is 0.0533. The molecule has 0 radical (unpaired) electrons. The van der Waals surface area contributed by atoms with Gasteiger partial charge >= 0.3 is 0 Å². The van der Waals surface area contributed by atoms with Gasteiger partial charge in [0.2, 0.25) is 0 Å². The van der Waals surface area contributed by atoms with Gasteiger partial charge in [0, 0.05) is 12.3 Å². The molecule has 0 bridgehead atoms. The summed E-state index contributed by atoms with van der Waals surface area (Å²) < 4.78 is 0. The molecule has 0 unspecified atom stereocenters. The Labute approximate surface area is 112 Å². The molecule has 0 heterocycles. The minimum atomic E-state index is -0.663. The van der Waals surface area contributed by atoms with Crippen molar-refractivity contribution in [3.05, 3.63) is 44.1 Å². The molecular formula is C10H4Cl2N4O2. The standard InChI is InChI=1S/C10H4Cl2N4O2/c11-7-2-10(16(17)18)8(12)1-9(7)15-5-6(3-13)4-14/h1-2,5,15H. The summed E-state index contributed by atoms with van der Waals surface area (Å²) in [5, 5.41) is 30.1. The van der Waals surface area contributed by atoms with Crippen LogP contribution in [-0.2, 0) is 0 Å². The van der Waals surface area contributed by atoms with E-state index in [1.165, 1.54) is 6.07 Å². The normalized spacial score (nSPS) is 8.89. The third-order valence-corrected chi connectivity index (χ3v) is 2.46. The predicted octanol–water partition coefficient (Wildman–Crippen LogP) is 3.24. The zero-order valence-corrected chi connectivity index (χ0v) is 10.2. The van der Waals surface area contributed by atoms with E-state index < -0.39 is 4.92 Å². The number of nitrogens with zero attached hydrogens (tertiary/aromatic N) is 3. The van der Waals surface area contributed by atoms with Crippen LogP contribution in [0.1, 0.15) is 0 Å². The molecule has 0 aliphatic rings. The number of halogens is 2. The van der Waals surface area contributed by atoms with Gasteiger partial charge in [0.25, 0.3) is 5.69 Å². The van der Waals surface area contributed by atoms with Gasteiger partial charge in [-0.05, 0) is 6.07 Å². The molecule has 0 amide bonds. The van der Waals surface area contributed by atoms with E-state index in [4.69, 9.17) is 33.7 Å².